The summed E-state index contributed by atoms with van der Waals surface area (Å²) >= 11 is 0. The number of nitrogens with zero attached hydrogens (tertiary/aromatic N) is 3. The van der Waals surface area contributed by atoms with Crippen molar-refractivity contribution in [2.75, 3.05) is 13.2 Å². The number of halogens is 1. The fourth-order valence-electron chi connectivity index (χ4n) is 2.14. The summed E-state index contributed by atoms with van der Waals surface area (Å²) in [6, 6.07) is 4.78. The number of hydrogen-bond acceptors (Lipinski definition) is 4. The zero-order valence-corrected chi connectivity index (χ0v) is 12.1. The van der Waals surface area contributed by atoms with E-state index in [2.05, 4.69) is 15.6 Å². The van der Waals surface area contributed by atoms with Crippen LogP contribution in [0, 0.1) is 11.7 Å². The molecular weight excluding hydrogens is 271 g/mol. The largest absolute Gasteiger partial charge is 0.491 e. The SMILES string of the molecule is CCOc1ccc(-n2cc(CNCC3CC3)nn2)cc1F. The molecule has 21 heavy (non-hydrogen) atoms. The van der Waals surface area contributed by atoms with Gasteiger partial charge in [0.1, 0.15) is 0 Å². The Kier molecular flexibility index (Phi) is 4.15. The van der Waals surface area contributed by atoms with Crippen molar-refractivity contribution in [1.82, 2.24) is 20.3 Å². The molecule has 0 unspecified atom stereocenters. The molecule has 1 aromatic heterocycles. The van der Waals surface area contributed by atoms with Gasteiger partial charge in [0.2, 0.25) is 0 Å². The molecule has 6 heteroatoms. The summed E-state index contributed by atoms with van der Waals surface area (Å²) in [5.41, 5.74) is 1.49. The Morgan fingerprint density at radius 2 is 2.29 bits per heavy atom. The predicted octanol–water partition coefficient (Wildman–Crippen LogP) is 2.30. The summed E-state index contributed by atoms with van der Waals surface area (Å²) < 4.78 is 20.6. The Bertz CT molecular complexity index is 609. The van der Waals surface area contributed by atoms with Gasteiger partial charge in [0.25, 0.3) is 0 Å². The Morgan fingerprint density at radius 1 is 1.43 bits per heavy atom. The number of aromatic nitrogens is 3. The molecule has 1 saturated carbocycles. The normalized spacial score (nSPS) is 14.4. The van der Waals surface area contributed by atoms with Crippen molar-refractivity contribution in [1.29, 1.82) is 0 Å². The van der Waals surface area contributed by atoms with Crippen LogP contribution in [0.15, 0.2) is 24.4 Å². The first-order valence-electron chi connectivity index (χ1n) is 7.31. The minimum atomic E-state index is -0.391. The molecule has 0 aliphatic heterocycles. The molecule has 1 heterocycles. The van der Waals surface area contributed by atoms with E-state index in [9.17, 15) is 4.39 Å². The topological polar surface area (TPSA) is 52.0 Å². The molecule has 1 aromatic carbocycles. The van der Waals surface area contributed by atoms with Crippen LogP contribution < -0.4 is 10.1 Å². The van der Waals surface area contributed by atoms with Crippen molar-refractivity contribution in [3.05, 3.63) is 35.9 Å². The van der Waals surface area contributed by atoms with Gasteiger partial charge < -0.3 is 10.1 Å². The van der Waals surface area contributed by atoms with E-state index < -0.39 is 5.82 Å². The van der Waals surface area contributed by atoms with Crippen LogP contribution in [0.25, 0.3) is 5.69 Å². The fraction of sp³-hybridized carbons (Fsp3) is 0.467. The van der Waals surface area contributed by atoms with E-state index in [1.54, 1.807) is 16.8 Å². The summed E-state index contributed by atoms with van der Waals surface area (Å²) in [5, 5.41) is 11.5. The highest BCUT2D eigenvalue weighted by Crippen LogP contribution is 2.27. The minimum absolute atomic E-state index is 0.257. The first kappa shape index (κ1) is 14.0. The Labute approximate surface area is 123 Å². The van der Waals surface area contributed by atoms with Gasteiger partial charge in [-0.15, -0.1) is 5.10 Å². The second-order valence-corrected chi connectivity index (χ2v) is 5.28. The van der Waals surface area contributed by atoms with E-state index in [1.165, 1.54) is 18.9 Å². The zero-order valence-electron chi connectivity index (χ0n) is 12.1. The number of rotatable bonds is 7. The van der Waals surface area contributed by atoms with Gasteiger partial charge in [0, 0.05) is 12.6 Å². The average Bonchev–Trinajstić information content (AvgIpc) is 3.18. The molecular formula is C15H19FN4O. The quantitative estimate of drug-likeness (QED) is 0.850. The van der Waals surface area contributed by atoms with Crippen LogP contribution in [0.5, 0.6) is 5.75 Å². The third-order valence-electron chi connectivity index (χ3n) is 3.46. The lowest BCUT2D eigenvalue weighted by Gasteiger charge is -2.06. The van der Waals surface area contributed by atoms with Crippen LogP contribution in [0.2, 0.25) is 0 Å². The molecule has 1 N–H and O–H groups in total. The molecule has 1 fully saturated rings. The number of ether oxygens (including phenoxy) is 1. The first-order chi connectivity index (χ1) is 10.3. The van der Waals surface area contributed by atoms with E-state index in [0.717, 1.165) is 18.2 Å². The fourth-order valence-corrected chi connectivity index (χ4v) is 2.14. The van der Waals surface area contributed by atoms with Crippen molar-refractivity contribution in [3.63, 3.8) is 0 Å². The number of nitrogens with one attached hydrogen (secondary N) is 1. The lowest BCUT2D eigenvalue weighted by molar-refractivity contribution is 0.321. The van der Waals surface area contributed by atoms with Gasteiger partial charge in [-0.3, -0.25) is 0 Å². The monoisotopic (exact) mass is 290 g/mol. The standard InChI is InChI=1S/C15H19FN4O/c1-2-21-15-6-5-13(7-14(15)16)20-10-12(18-19-20)9-17-8-11-3-4-11/h5-7,10-11,17H,2-4,8-9H2,1H3. The van der Waals surface area contributed by atoms with E-state index in [4.69, 9.17) is 4.74 Å². The third-order valence-corrected chi connectivity index (χ3v) is 3.46. The number of hydrogen-bond donors (Lipinski definition) is 1. The van der Waals surface area contributed by atoms with Crippen LogP contribution in [0.1, 0.15) is 25.5 Å². The molecule has 112 valence electrons. The van der Waals surface area contributed by atoms with Crippen molar-refractivity contribution in [2.45, 2.75) is 26.3 Å². The number of benzene rings is 1. The maximum Gasteiger partial charge on any atom is 0.167 e. The van der Waals surface area contributed by atoms with Crippen LogP contribution in [-0.2, 0) is 6.54 Å². The van der Waals surface area contributed by atoms with Crippen LogP contribution >= 0.6 is 0 Å². The predicted molar refractivity (Wildman–Crippen MR) is 76.9 cm³/mol. The van der Waals surface area contributed by atoms with Crippen molar-refractivity contribution in [2.24, 2.45) is 5.92 Å². The average molecular weight is 290 g/mol. The summed E-state index contributed by atoms with van der Waals surface area (Å²) in [4.78, 5) is 0. The highest BCUT2D eigenvalue weighted by molar-refractivity contribution is 5.38. The molecule has 0 atom stereocenters. The lowest BCUT2D eigenvalue weighted by Crippen LogP contribution is -2.16. The molecule has 0 amide bonds. The molecule has 0 saturated heterocycles. The van der Waals surface area contributed by atoms with E-state index >= 15 is 0 Å². The molecule has 1 aliphatic rings. The van der Waals surface area contributed by atoms with Crippen LogP contribution in [0.4, 0.5) is 4.39 Å². The van der Waals surface area contributed by atoms with Crippen molar-refractivity contribution in [3.8, 4) is 11.4 Å². The summed E-state index contributed by atoms with van der Waals surface area (Å²) in [6.07, 6.45) is 4.46. The molecule has 1 aliphatic carbocycles. The second kappa shape index (κ2) is 6.22. The molecule has 2 aromatic rings. The van der Waals surface area contributed by atoms with Gasteiger partial charge in [-0.1, -0.05) is 5.21 Å². The lowest BCUT2D eigenvalue weighted by atomic mass is 10.3. The smallest absolute Gasteiger partial charge is 0.167 e. The van der Waals surface area contributed by atoms with Gasteiger partial charge in [-0.2, -0.15) is 0 Å². The summed E-state index contributed by atoms with van der Waals surface area (Å²) in [6.45, 7) is 3.99. The molecule has 0 spiro atoms. The summed E-state index contributed by atoms with van der Waals surface area (Å²) in [5.74, 6) is 0.700. The minimum Gasteiger partial charge on any atom is -0.491 e. The van der Waals surface area contributed by atoms with Gasteiger partial charge in [0.05, 0.1) is 24.2 Å². The summed E-state index contributed by atoms with van der Waals surface area (Å²) in [7, 11) is 0. The van der Waals surface area contributed by atoms with Gasteiger partial charge in [0.15, 0.2) is 11.6 Å². The highest BCUT2D eigenvalue weighted by Gasteiger charge is 2.20. The maximum atomic E-state index is 13.8. The molecule has 3 rings (SSSR count). The Balaban J connectivity index is 1.65. The first-order valence-corrected chi connectivity index (χ1v) is 7.31. The van der Waals surface area contributed by atoms with Crippen molar-refractivity contribution < 1.29 is 9.13 Å². The van der Waals surface area contributed by atoms with Gasteiger partial charge in [-0.25, -0.2) is 9.07 Å². The van der Waals surface area contributed by atoms with Crippen LogP contribution in [0.3, 0.4) is 0 Å². The molecule has 0 bridgehead atoms. The van der Waals surface area contributed by atoms with Gasteiger partial charge >= 0.3 is 0 Å². The van der Waals surface area contributed by atoms with Crippen LogP contribution in [-0.4, -0.2) is 28.1 Å². The Hall–Kier alpha value is -1.95. The second-order valence-electron chi connectivity index (χ2n) is 5.28. The highest BCUT2D eigenvalue weighted by atomic mass is 19.1. The molecule has 5 nitrogen and oxygen atoms in total. The maximum absolute atomic E-state index is 13.8. The van der Waals surface area contributed by atoms with Crippen molar-refractivity contribution >= 4 is 0 Å². The van der Waals surface area contributed by atoms with Gasteiger partial charge in [-0.05, 0) is 44.4 Å². The Morgan fingerprint density at radius 3 is 3.00 bits per heavy atom. The van der Waals surface area contributed by atoms with E-state index in [-0.39, 0.29) is 5.75 Å². The molecule has 0 radical (unpaired) electrons. The van der Waals surface area contributed by atoms with E-state index in [0.29, 0.717) is 18.8 Å². The zero-order chi connectivity index (χ0) is 14.7. The van der Waals surface area contributed by atoms with E-state index in [1.807, 2.05) is 13.1 Å². The third kappa shape index (κ3) is 3.58.